The summed E-state index contributed by atoms with van der Waals surface area (Å²) in [7, 11) is 0. The normalized spacial score (nSPS) is 14.6. The van der Waals surface area contributed by atoms with Gasteiger partial charge < -0.3 is 16.4 Å². The third kappa shape index (κ3) is 3.37. The average Bonchev–Trinajstić information content (AvgIpc) is 3.02. The van der Waals surface area contributed by atoms with Crippen molar-refractivity contribution in [1.82, 2.24) is 0 Å². The number of amides is 1. The molecule has 4 nitrogen and oxygen atoms in total. The molecule has 28 heavy (non-hydrogen) atoms. The summed E-state index contributed by atoms with van der Waals surface area (Å²) in [6.45, 7) is 4.34. The fraction of sp³-hybridized carbons (Fsp3) is 0.125. The number of hydrogen-bond donors (Lipinski definition) is 3. The molecule has 1 aliphatic rings. The summed E-state index contributed by atoms with van der Waals surface area (Å²) in [6, 6.07) is 23.7. The van der Waals surface area contributed by atoms with Crippen molar-refractivity contribution < 1.29 is 4.79 Å². The average molecular weight is 369 g/mol. The summed E-state index contributed by atoms with van der Waals surface area (Å²) >= 11 is 0. The number of hydrogen-bond acceptors (Lipinski definition) is 3. The SMILES string of the molecule is CC(C)c1ccc(N/C(=C2\C(=O)Nc3ccc(N)cc32)c2ccccc2)cc1. The molecule has 4 rings (SSSR count). The minimum absolute atomic E-state index is 0.134. The molecule has 140 valence electrons. The fourth-order valence-corrected chi connectivity index (χ4v) is 3.41. The molecule has 1 aliphatic heterocycles. The Kier molecular flexibility index (Phi) is 4.62. The third-order valence-electron chi connectivity index (χ3n) is 4.95. The van der Waals surface area contributed by atoms with Crippen LogP contribution in [-0.4, -0.2) is 5.91 Å². The molecule has 3 aromatic carbocycles. The van der Waals surface area contributed by atoms with Gasteiger partial charge in [-0.3, -0.25) is 4.79 Å². The van der Waals surface area contributed by atoms with Crippen LogP contribution in [0.25, 0.3) is 11.3 Å². The molecule has 1 heterocycles. The number of carbonyl (C=O) groups excluding carboxylic acids is 1. The van der Waals surface area contributed by atoms with E-state index in [1.807, 2.05) is 54.6 Å². The lowest BCUT2D eigenvalue weighted by molar-refractivity contribution is -0.110. The number of carbonyl (C=O) groups is 1. The van der Waals surface area contributed by atoms with Crippen LogP contribution >= 0.6 is 0 Å². The van der Waals surface area contributed by atoms with Crippen LogP contribution < -0.4 is 16.4 Å². The maximum Gasteiger partial charge on any atom is 0.258 e. The molecule has 3 aromatic rings. The minimum Gasteiger partial charge on any atom is -0.399 e. The molecule has 0 aromatic heterocycles. The zero-order chi connectivity index (χ0) is 19.7. The van der Waals surface area contributed by atoms with Gasteiger partial charge in [-0.15, -0.1) is 0 Å². The summed E-state index contributed by atoms with van der Waals surface area (Å²) in [4.78, 5) is 12.8. The first-order valence-electron chi connectivity index (χ1n) is 9.41. The summed E-state index contributed by atoms with van der Waals surface area (Å²) < 4.78 is 0. The molecule has 0 unspecified atom stereocenters. The molecular formula is C24H23N3O. The molecule has 1 amide bonds. The number of fused-ring (bicyclic) bond motifs is 1. The van der Waals surface area contributed by atoms with Gasteiger partial charge in [-0.2, -0.15) is 0 Å². The van der Waals surface area contributed by atoms with Crippen LogP contribution in [0.15, 0.2) is 72.8 Å². The van der Waals surface area contributed by atoms with Crippen LogP contribution in [0, 0.1) is 0 Å². The second-order valence-electron chi connectivity index (χ2n) is 7.28. The van der Waals surface area contributed by atoms with E-state index in [0.717, 1.165) is 28.2 Å². The van der Waals surface area contributed by atoms with Gasteiger partial charge in [-0.25, -0.2) is 0 Å². The highest BCUT2D eigenvalue weighted by Gasteiger charge is 2.28. The molecule has 0 spiro atoms. The lowest BCUT2D eigenvalue weighted by Crippen LogP contribution is -2.10. The fourth-order valence-electron chi connectivity index (χ4n) is 3.41. The van der Waals surface area contributed by atoms with Gasteiger partial charge in [0, 0.05) is 22.6 Å². The highest BCUT2D eigenvalue weighted by Crippen LogP contribution is 2.38. The molecule has 0 aliphatic carbocycles. The first-order chi connectivity index (χ1) is 13.5. The van der Waals surface area contributed by atoms with Gasteiger partial charge >= 0.3 is 0 Å². The largest absolute Gasteiger partial charge is 0.399 e. The number of nitrogens with two attached hydrogens (primary N) is 1. The highest BCUT2D eigenvalue weighted by atomic mass is 16.2. The van der Waals surface area contributed by atoms with Crippen LogP contribution in [0.1, 0.15) is 36.5 Å². The maximum atomic E-state index is 12.8. The second-order valence-corrected chi connectivity index (χ2v) is 7.28. The molecule has 4 N–H and O–H groups in total. The molecule has 0 saturated heterocycles. The van der Waals surface area contributed by atoms with Crippen LogP contribution in [0.4, 0.5) is 17.1 Å². The zero-order valence-electron chi connectivity index (χ0n) is 16.0. The van der Waals surface area contributed by atoms with Gasteiger partial charge in [0.25, 0.3) is 5.91 Å². The molecule has 0 bridgehead atoms. The number of nitrogen functional groups attached to an aromatic ring is 1. The predicted octanol–water partition coefficient (Wildman–Crippen LogP) is 5.32. The molecule has 0 radical (unpaired) electrons. The van der Waals surface area contributed by atoms with Gasteiger partial charge in [0.2, 0.25) is 0 Å². The van der Waals surface area contributed by atoms with Gasteiger partial charge in [-0.05, 0) is 47.4 Å². The Morgan fingerprint density at radius 1 is 0.964 bits per heavy atom. The van der Waals surface area contributed by atoms with Crippen molar-refractivity contribution in [3.05, 3.63) is 89.5 Å². The van der Waals surface area contributed by atoms with Crippen LogP contribution in [-0.2, 0) is 4.79 Å². The smallest absolute Gasteiger partial charge is 0.258 e. The standard InChI is InChI=1S/C24H23N3O/c1-15(2)16-8-11-19(12-9-16)26-23(17-6-4-3-5-7-17)22-20-14-18(25)10-13-21(20)27-24(22)28/h3-15,26H,25H2,1-2H3,(H,27,28)/b23-22-. The van der Waals surface area contributed by atoms with E-state index in [9.17, 15) is 4.79 Å². The first kappa shape index (κ1) is 17.9. The first-order valence-corrected chi connectivity index (χ1v) is 9.41. The Balaban J connectivity index is 1.85. The Morgan fingerprint density at radius 2 is 1.68 bits per heavy atom. The lowest BCUT2D eigenvalue weighted by atomic mass is 9.99. The van der Waals surface area contributed by atoms with E-state index in [2.05, 4.69) is 36.6 Å². The quantitative estimate of drug-likeness (QED) is 0.430. The van der Waals surface area contributed by atoms with E-state index in [1.165, 1.54) is 5.56 Å². The van der Waals surface area contributed by atoms with Crippen LogP contribution in [0.2, 0.25) is 0 Å². The van der Waals surface area contributed by atoms with Crippen molar-refractivity contribution in [2.24, 2.45) is 0 Å². The van der Waals surface area contributed by atoms with Crippen molar-refractivity contribution in [3.8, 4) is 0 Å². The number of benzene rings is 3. The third-order valence-corrected chi connectivity index (χ3v) is 4.95. The van der Waals surface area contributed by atoms with E-state index < -0.39 is 0 Å². The van der Waals surface area contributed by atoms with Crippen molar-refractivity contribution in [3.63, 3.8) is 0 Å². The zero-order valence-corrected chi connectivity index (χ0v) is 16.0. The molecule has 0 fully saturated rings. The predicted molar refractivity (Wildman–Crippen MR) is 117 cm³/mol. The molecule has 0 atom stereocenters. The molecule has 4 heteroatoms. The lowest BCUT2D eigenvalue weighted by Gasteiger charge is -2.15. The topological polar surface area (TPSA) is 67.2 Å². The van der Waals surface area contributed by atoms with Crippen molar-refractivity contribution in [2.75, 3.05) is 16.4 Å². The van der Waals surface area contributed by atoms with Crippen LogP contribution in [0.3, 0.4) is 0 Å². The summed E-state index contributed by atoms with van der Waals surface area (Å²) in [6.07, 6.45) is 0. The Bertz CT molecular complexity index is 1050. The Hall–Kier alpha value is -3.53. The van der Waals surface area contributed by atoms with Gasteiger partial charge in [-0.1, -0.05) is 56.3 Å². The highest BCUT2D eigenvalue weighted by molar-refractivity contribution is 6.37. The van der Waals surface area contributed by atoms with E-state index in [1.54, 1.807) is 6.07 Å². The van der Waals surface area contributed by atoms with Crippen molar-refractivity contribution in [2.45, 2.75) is 19.8 Å². The van der Waals surface area contributed by atoms with Gasteiger partial charge in [0.1, 0.15) is 0 Å². The Morgan fingerprint density at radius 3 is 2.36 bits per heavy atom. The number of anilines is 3. The summed E-state index contributed by atoms with van der Waals surface area (Å²) in [5.74, 6) is 0.335. The van der Waals surface area contributed by atoms with Crippen molar-refractivity contribution in [1.29, 1.82) is 0 Å². The van der Waals surface area contributed by atoms with Gasteiger partial charge in [0.05, 0.1) is 11.3 Å². The second kappa shape index (κ2) is 7.24. The maximum absolute atomic E-state index is 12.8. The number of rotatable bonds is 4. The van der Waals surface area contributed by atoms with E-state index >= 15 is 0 Å². The number of nitrogens with one attached hydrogen (secondary N) is 2. The van der Waals surface area contributed by atoms with Gasteiger partial charge in [0.15, 0.2) is 0 Å². The van der Waals surface area contributed by atoms with E-state index in [-0.39, 0.29) is 5.91 Å². The van der Waals surface area contributed by atoms with E-state index in [0.29, 0.717) is 17.2 Å². The molecular weight excluding hydrogens is 346 g/mol. The summed E-state index contributed by atoms with van der Waals surface area (Å²) in [5.41, 5.74) is 12.7. The minimum atomic E-state index is -0.134. The monoisotopic (exact) mass is 369 g/mol. The Labute approximate surface area is 165 Å². The summed E-state index contributed by atoms with van der Waals surface area (Å²) in [5, 5.41) is 6.41. The van der Waals surface area contributed by atoms with Crippen molar-refractivity contribution >= 4 is 34.2 Å². The van der Waals surface area contributed by atoms with Crippen LogP contribution in [0.5, 0.6) is 0 Å². The molecule has 0 saturated carbocycles. The van der Waals surface area contributed by atoms with E-state index in [4.69, 9.17) is 5.73 Å².